The first-order valence-electron chi connectivity index (χ1n) is 9.73. The number of nitrogens with one attached hydrogen (secondary N) is 2. The van der Waals surface area contributed by atoms with Crippen molar-refractivity contribution in [2.24, 2.45) is 0 Å². The van der Waals surface area contributed by atoms with E-state index in [9.17, 15) is 4.79 Å². The van der Waals surface area contributed by atoms with Gasteiger partial charge in [0, 0.05) is 37.7 Å². The number of aryl methyl sites for hydroxylation is 2. The molecule has 0 atom stereocenters. The molecule has 0 fully saturated rings. The first-order chi connectivity index (χ1) is 14.0. The lowest BCUT2D eigenvalue weighted by Gasteiger charge is -2.13. The van der Waals surface area contributed by atoms with Gasteiger partial charge in [-0.1, -0.05) is 30.3 Å². The van der Waals surface area contributed by atoms with Crippen LogP contribution in [0.3, 0.4) is 0 Å². The molecular weight excluding hydrogens is 362 g/mol. The van der Waals surface area contributed by atoms with Gasteiger partial charge in [0.2, 0.25) is 5.95 Å². The quantitative estimate of drug-likeness (QED) is 0.567. The van der Waals surface area contributed by atoms with Gasteiger partial charge in [0.1, 0.15) is 5.69 Å². The number of nitrogens with zero attached hydrogens (tertiary/aromatic N) is 3. The van der Waals surface area contributed by atoms with Crippen LogP contribution in [-0.2, 0) is 6.42 Å². The molecule has 3 aromatic rings. The van der Waals surface area contributed by atoms with Crippen molar-refractivity contribution >= 4 is 23.2 Å². The van der Waals surface area contributed by atoms with E-state index in [1.54, 1.807) is 6.07 Å². The Kier molecular flexibility index (Phi) is 6.79. The number of hydrogen-bond donors (Lipinski definition) is 2. The van der Waals surface area contributed by atoms with Crippen LogP contribution in [-0.4, -0.2) is 36.5 Å². The second-order valence-electron chi connectivity index (χ2n) is 7.13. The first-order valence-corrected chi connectivity index (χ1v) is 9.73. The second-order valence-corrected chi connectivity index (χ2v) is 7.13. The van der Waals surface area contributed by atoms with Crippen molar-refractivity contribution in [3.05, 3.63) is 77.6 Å². The van der Waals surface area contributed by atoms with Crippen molar-refractivity contribution in [1.29, 1.82) is 0 Å². The van der Waals surface area contributed by atoms with Crippen LogP contribution in [0.4, 0.5) is 17.3 Å². The molecule has 0 aliphatic carbocycles. The number of hydrogen-bond acceptors (Lipinski definition) is 5. The van der Waals surface area contributed by atoms with Crippen molar-refractivity contribution in [3.8, 4) is 0 Å². The predicted molar refractivity (Wildman–Crippen MR) is 119 cm³/mol. The molecule has 0 spiro atoms. The minimum absolute atomic E-state index is 0.250. The molecule has 0 aliphatic heterocycles. The highest BCUT2D eigenvalue weighted by Crippen LogP contribution is 2.16. The Morgan fingerprint density at radius 3 is 2.41 bits per heavy atom. The van der Waals surface area contributed by atoms with E-state index in [0.717, 1.165) is 36.5 Å². The molecule has 1 amide bonds. The van der Waals surface area contributed by atoms with Gasteiger partial charge in [0.05, 0.1) is 0 Å². The molecule has 0 saturated heterocycles. The number of carbonyl (C=O) groups excluding carboxylic acids is 1. The zero-order chi connectivity index (χ0) is 20.6. The van der Waals surface area contributed by atoms with E-state index in [2.05, 4.69) is 32.7 Å². The third-order valence-electron chi connectivity index (χ3n) is 4.50. The topological polar surface area (TPSA) is 70.2 Å². The average molecular weight is 390 g/mol. The largest absolute Gasteiger partial charge is 0.378 e. The molecule has 29 heavy (non-hydrogen) atoms. The molecule has 2 aromatic carbocycles. The normalized spacial score (nSPS) is 10.4. The van der Waals surface area contributed by atoms with Crippen molar-refractivity contribution in [2.45, 2.75) is 19.8 Å². The fourth-order valence-electron chi connectivity index (χ4n) is 2.94. The number of benzene rings is 2. The molecule has 3 rings (SSSR count). The van der Waals surface area contributed by atoms with E-state index in [1.165, 1.54) is 5.56 Å². The van der Waals surface area contributed by atoms with Crippen LogP contribution in [0.2, 0.25) is 0 Å². The third kappa shape index (κ3) is 6.04. The summed E-state index contributed by atoms with van der Waals surface area (Å²) in [5.41, 5.74) is 4.20. The van der Waals surface area contributed by atoms with E-state index >= 15 is 0 Å². The Morgan fingerprint density at radius 2 is 1.72 bits per heavy atom. The van der Waals surface area contributed by atoms with Gasteiger partial charge < -0.3 is 15.5 Å². The van der Waals surface area contributed by atoms with E-state index in [-0.39, 0.29) is 5.91 Å². The van der Waals surface area contributed by atoms with E-state index in [1.807, 2.05) is 68.4 Å². The summed E-state index contributed by atoms with van der Waals surface area (Å²) in [5, 5.41) is 6.12. The van der Waals surface area contributed by atoms with Gasteiger partial charge in [-0.3, -0.25) is 4.79 Å². The fourth-order valence-corrected chi connectivity index (χ4v) is 2.94. The Morgan fingerprint density at radius 1 is 1.00 bits per heavy atom. The van der Waals surface area contributed by atoms with Crippen LogP contribution in [0.1, 0.15) is 28.2 Å². The summed E-state index contributed by atoms with van der Waals surface area (Å²) in [6, 6.07) is 19.7. The molecule has 150 valence electrons. The van der Waals surface area contributed by atoms with Crippen molar-refractivity contribution < 1.29 is 4.79 Å². The van der Waals surface area contributed by atoms with Gasteiger partial charge in [-0.25, -0.2) is 9.97 Å². The van der Waals surface area contributed by atoms with E-state index in [4.69, 9.17) is 0 Å². The SMILES string of the molecule is Cc1cc(C(=O)Nc2ccc(N(C)C)cc2)nc(NCCCc2ccccc2)n1. The molecule has 0 radical (unpaired) electrons. The number of carbonyl (C=O) groups is 1. The number of amides is 1. The van der Waals surface area contributed by atoms with Gasteiger partial charge in [-0.15, -0.1) is 0 Å². The monoisotopic (exact) mass is 389 g/mol. The lowest BCUT2D eigenvalue weighted by Crippen LogP contribution is -2.16. The Bertz CT molecular complexity index is 939. The van der Waals surface area contributed by atoms with E-state index in [0.29, 0.717) is 11.6 Å². The van der Waals surface area contributed by atoms with Crippen molar-refractivity contribution in [3.63, 3.8) is 0 Å². The summed E-state index contributed by atoms with van der Waals surface area (Å²) in [4.78, 5) is 23.4. The summed E-state index contributed by atoms with van der Waals surface area (Å²) in [6.45, 7) is 2.60. The van der Waals surface area contributed by atoms with Gasteiger partial charge in [0.15, 0.2) is 0 Å². The molecule has 1 heterocycles. The zero-order valence-electron chi connectivity index (χ0n) is 17.1. The summed E-state index contributed by atoms with van der Waals surface area (Å²) in [5.74, 6) is 0.228. The molecular formula is C23H27N5O. The summed E-state index contributed by atoms with van der Waals surface area (Å²) < 4.78 is 0. The lowest BCUT2D eigenvalue weighted by molar-refractivity contribution is 0.102. The highest BCUT2D eigenvalue weighted by Gasteiger charge is 2.11. The standard InChI is InChI=1S/C23H27N5O/c1-17-16-21(22(29)26-19-11-13-20(14-12-19)28(2)3)27-23(25-17)24-15-7-10-18-8-5-4-6-9-18/h4-6,8-9,11-14,16H,7,10,15H2,1-3H3,(H,26,29)(H,24,25,27). The Hall–Kier alpha value is -3.41. The molecule has 0 aliphatic rings. The molecule has 1 aromatic heterocycles. The Balaban J connectivity index is 1.58. The van der Waals surface area contributed by atoms with Crippen LogP contribution in [0.5, 0.6) is 0 Å². The maximum atomic E-state index is 12.6. The summed E-state index contributed by atoms with van der Waals surface area (Å²) >= 11 is 0. The molecule has 6 heteroatoms. The molecule has 0 saturated carbocycles. The predicted octanol–water partition coefficient (Wildman–Crippen LogP) is 4.15. The van der Waals surface area contributed by atoms with Crippen LogP contribution >= 0.6 is 0 Å². The lowest BCUT2D eigenvalue weighted by atomic mass is 10.1. The fraction of sp³-hybridized carbons (Fsp3) is 0.261. The summed E-state index contributed by atoms with van der Waals surface area (Å²) in [6.07, 6.45) is 1.94. The maximum absolute atomic E-state index is 12.6. The molecule has 2 N–H and O–H groups in total. The minimum Gasteiger partial charge on any atom is -0.378 e. The number of anilines is 3. The second kappa shape index (κ2) is 9.68. The van der Waals surface area contributed by atoms with Gasteiger partial charge in [-0.2, -0.15) is 0 Å². The van der Waals surface area contributed by atoms with Gasteiger partial charge in [-0.05, 0) is 55.7 Å². The number of aromatic nitrogens is 2. The Labute approximate surface area is 172 Å². The van der Waals surface area contributed by atoms with Crippen LogP contribution in [0.15, 0.2) is 60.7 Å². The average Bonchev–Trinajstić information content (AvgIpc) is 2.72. The van der Waals surface area contributed by atoms with E-state index < -0.39 is 0 Å². The van der Waals surface area contributed by atoms with Crippen LogP contribution < -0.4 is 15.5 Å². The van der Waals surface area contributed by atoms with Crippen LogP contribution in [0.25, 0.3) is 0 Å². The van der Waals surface area contributed by atoms with Gasteiger partial charge >= 0.3 is 0 Å². The third-order valence-corrected chi connectivity index (χ3v) is 4.50. The molecule has 6 nitrogen and oxygen atoms in total. The first kappa shape index (κ1) is 20.3. The van der Waals surface area contributed by atoms with Crippen LogP contribution in [0, 0.1) is 6.92 Å². The zero-order valence-corrected chi connectivity index (χ0v) is 17.1. The maximum Gasteiger partial charge on any atom is 0.274 e. The summed E-state index contributed by atoms with van der Waals surface area (Å²) in [7, 11) is 3.96. The van der Waals surface area contributed by atoms with Gasteiger partial charge in [0.25, 0.3) is 5.91 Å². The van der Waals surface area contributed by atoms with Crippen molar-refractivity contribution in [1.82, 2.24) is 9.97 Å². The van der Waals surface area contributed by atoms with Crippen molar-refractivity contribution in [2.75, 3.05) is 36.2 Å². The molecule has 0 bridgehead atoms. The highest BCUT2D eigenvalue weighted by atomic mass is 16.1. The smallest absolute Gasteiger partial charge is 0.274 e. The highest BCUT2D eigenvalue weighted by molar-refractivity contribution is 6.03. The number of rotatable bonds is 8. The minimum atomic E-state index is -0.250. The molecule has 0 unspecified atom stereocenters.